The van der Waals surface area contributed by atoms with E-state index < -0.39 is 12.6 Å². The van der Waals surface area contributed by atoms with Crippen LogP contribution in [0.25, 0.3) is 17.1 Å². The first-order valence-electron chi connectivity index (χ1n) is 9.57. The first-order valence-corrected chi connectivity index (χ1v) is 9.95. The molecule has 154 valence electrons. The van der Waals surface area contributed by atoms with Gasteiger partial charge in [0.25, 0.3) is 5.82 Å². The fraction of sp³-hybridized carbons (Fsp3) is 0.0833. The number of ketones is 1. The van der Waals surface area contributed by atoms with Crippen molar-refractivity contribution in [3.05, 3.63) is 101 Å². The Labute approximate surface area is 184 Å². The molecule has 31 heavy (non-hydrogen) atoms. The van der Waals surface area contributed by atoms with Crippen LogP contribution in [0, 0.1) is 6.92 Å². The molecular formula is C24H18ClN3O3. The predicted molar refractivity (Wildman–Crippen MR) is 118 cm³/mol. The summed E-state index contributed by atoms with van der Waals surface area (Å²) in [7, 11) is 0. The summed E-state index contributed by atoms with van der Waals surface area (Å²) in [6, 6.07) is 23.4. The van der Waals surface area contributed by atoms with Crippen molar-refractivity contribution in [2.45, 2.75) is 6.92 Å². The lowest BCUT2D eigenvalue weighted by atomic mass is 10.1. The number of rotatable bonds is 6. The maximum atomic E-state index is 12.6. The van der Waals surface area contributed by atoms with Gasteiger partial charge in [-0.1, -0.05) is 60.1 Å². The molecule has 4 aromatic rings. The van der Waals surface area contributed by atoms with Gasteiger partial charge in [0.05, 0.1) is 5.69 Å². The minimum atomic E-state index is -0.771. The Hall–Kier alpha value is -3.77. The number of carbonyl (C=O) groups excluding carboxylic acids is 2. The van der Waals surface area contributed by atoms with Crippen molar-refractivity contribution in [3.8, 4) is 17.1 Å². The van der Waals surface area contributed by atoms with Crippen LogP contribution in [0.2, 0.25) is 5.02 Å². The van der Waals surface area contributed by atoms with Gasteiger partial charge in [0.2, 0.25) is 0 Å². The summed E-state index contributed by atoms with van der Waals surface area (Å²) in [4.78, 5) is 29.3. The molecule has 0 atom stereocenters. The van der Waals surface area contributed by atoms with Crippen molar-refractivity contribution in [2.24, 2.45) is 0 Å². The van der Waals surface area contributed by atoms with Crippen LogP contribution in [0.4, 0.5) is 0 Å². The number of esters is 1. The van der Waals surface area contributed by atoms with Gasteiger partial charge in [0.15, 0.2) is 18.2 Å². The molecule has 0 N–H and O–H groups in total. The summed E-state index contributed by atoms with van der Waals surface area (Å²) in [5.41, 5.74) is 2.94. The van der Waals surface area contributed by atoms with Gasteiger partial charge in [-0.3, -0.25) is 4.79 Å². The lowest BCUT2D eigenvalue weighted by Crippen LogP contribution is -2.15. The largest absolute Gasteiger partial charge is 0.451 e. The standard InChI is InChI=1S/C24H18ClN3O3/c1-16-7-5-6-10-20(16)28-23(18-11-13-19(25)14-12-18)26-22(27-28)24(30)31-15-21(29)17-8-3-2-4-9-17/h2-14H,15H2,1H3. The van der Waals surface area contributed by atoms with Crippen LogP contribution >= 0.6 is 11.6 Å². The van der Waals surface area contributed by atoms with Crippen molar-refractivity contribution in [3.63, 3.8) is 0 Å². The second-order valence-electron chi connectivity index (χ2n) is 6.83. The normalized spacial score (nSPS) is 10.6. The fourth-order valence-corrected chi connectivity index (χ4v) is 3.18. The van der Waals surface area contributed by atoms with Crippen molar-refractivity contribution in [2.75, 3.05) is 6.61 Å². The highest BCUT2D eigenvalue weighted by molar-refractivity contribution is 6.30. The van der Waals surface area contributed by atoms with Crippen LogP contribution in [0.3, 0.4) is 0 Å². The second kappa shape index (κ2) is 8.93. The fourth-order valence-electron chi connectivity index (χ4n) is 3.06. The Morgan fingerprint density at radius 1 is 0.935 bits per heavy atom. The maximum absolute atomic E-state index is 12.6. The molecule has 0 radical (unpaired) electrons. The molecule has 0 saturated carbocycles. The highest BCUT2D eigenvalue weighted by Crippen LogP contribution is 2.24. The van der Waals surface area contributed by atoms with Crippen molar-refractivity contribution >= 4 is 23.4 Å². The third-order valence-corrected chi connectivity index (χ3v) is 4.92. The lowest BCUT2D eigenvalue weighted by Gasteiger charge is -2.08. The van der Waals surface area contributed by atoms with Gasteiger partial charge in [-0.25, -0.2) is 14.5 Å². The monoisotopic (exact) mass is 431 g/mol. The molecule has 0 unspecified atom stereocenters. The van der Waals surface area contributed by atoms with Gasteiger partial charge in [-0.15, -0.1) is 5.10 Å². The van der Waals surface area contributed by atoms with Crippen LogP contribution in [-0.2, 0) is 4.74 Å². The van der Waals surface area contributed by atoms with E-state index in [9.17, 15) is 9.59 Å². The zero-order valence-electron chi connectivity index (χ0n) is 16.7. The van der Waals surface area contributed by atoms with Crippen LogP contribution in [-0.4, -0.2) is 33.1 Å². The number of halogens is 1. The average molecular weight is 432 g/mol. The summed E-state index contributed by atoms with van der Waals surface area (Å²) < 4.78 is 6.78. The number of aromatic nitrogens is 3. The molecule has 1 aromatic heterocycles. The molecule has 0 spiro atoms. The van der Waals surface area contributed by atoms with Crippen LogP contribution < -0.4 is 0 Å². The number of para-hydroxylation sites is 1. The predicted octanol–water partition coefficient (Wildman–Crippen LogP) is 4.94. The van der Waals surface area contributed by atoms with E-state index in [-0.39, 0.29) is 11.6 Å². The zero-order valence-corrected chi connectivity index (χ0v) is 17.4. The molecule has 0 aliphatic carbocycles. The number of hydrogen-bond donors (Lipinski definition) is 0. The molecule has 4 rings (SSSR count). The van der Waals surface area contributed by atoms with Gasteiger partial charge in [-0.2, -0.15) is 0 Å². The van der Waals surface area contributed by atoms with Crippen molar-refractivity contribution in [1.29, 1.82) is 0 Å². The molecule has 0 amide bonds. The summed E-state index contributed by atoms with van der Waals surface area (Å²) in [5, 5.41) is 4.97. The van der Waals surface area contributed by atoms with Crippen LogP contribution in [0.5, 0.6) is 0 Å². The van der Waals surface area contributed by atoms with Gasteiger partial charge in [-0.05, 0) is 42.8 Å². The van der Waals surface area contributed by atoms with E-state index in [1.165, 1.54) is 0 Å². The number of hydrogen-bond acceptors (Lipinski definition) is 5. The first-order chi connectivity index (χ1) is 15.0. The van der Waals surface area contributed by atoms with Gasteiger partial charge in [0, 0.05) is 16.1 Å². The molecule has 3 aromatic carbocycles. The average Bonchev–Trinajstić information content (AvgIpc) is 3.24. The van der Waals surface area contributed by atoms with E-state index in [1.54, 1.807) is 53.2 Å². The molecule has 0 bridgehead atoms. The Morgan fingerprint density at radius 3 is 2.32 bits per heavy atom. The molecule has 1 heterocycles. The first kappa shape index (κ1) is 20.5. The SMILES string of the molecule is Cc1ccccc1-n1nc(C(=O)OCC(=O)c2ccccc2)nc1-c1ccc(Cl)cc1. The molecule has 7 heteroatoms. The molecular weight excluding hydrogens is 414 g/mol. The van der Waals surface area contributed by atoms with E-state index >= 15 is 0 Å². The topological polar surface area (TPSA) is 74.1 Å². The van der Waals surface area contributed by atoms with E-state index in [2.05, 4.69) is 10.1 Å². The highest BCUT2D eigenvalue weighted by Gasteiger charge is 2.21. The molecule has 0 saturated heterocycles. The van der Waals surface area contributed by atoms with Crippen LogP contribution in [0.15, 0.2) is 78.9 Å². The minimum Gasteiger partial charge on any atom is -0.451 e. The molecule has 0 aliphatic heterocycles. The third-order valence-electron chi connectivity index (χ3n) is 4.67. The second-order valence-corrected chi connectivity index (χ2v) is 7.27. The lowest BCUT2D eigenvalue weighted by molar-refractivity contribution is 0.0462. The number of carbonyl (C=O) groups is 2. The van der Waals surface area contributed by atoms with Crippen LogP contribution in [0.1, 0.15) is 26.5 Å². The highest BCUT2D eigenvalue weighted by atomic mass is 35.5. The number of benzene rings is 3. The summed E-state index contributed by atoms with van der Waals surface area (Å²) in [5.74, 6) is -0.738. The van der Waals surface area contributed by atoms with Gasteiger partial charge in [0.1, 0.15) is 0 Å². The van der Waals surface area contributed by atoms with E-state index in [4.69, 9.17) is 16.3 Å². The van der Waals surface area contributed by atoms with Gasteiger partial charge >= 0.3 is 5.97 Å². The summed E-state index contributed by atoms with van der Waals surface area (Å²) in [6.45, 7) is 1.55. The minimum absolute atomic E-state index is 0.130. The number of aryl methyl sites for hydroxylation is 1. The van der Waals surface area contributed by atoms with E-state index in [1.807, 2.05) is 37.3 Å². The summed E-state index contributed by atoms with van der Waals surface area (Å²) >= 11 is 6.01. The zero-order chi connectivity index (χ0) is 21.8. The maximum Gasteiger partial charge on any atom is 0.378 e. The number of Topliss-reactive ketones (excluding diaryl/α,β-unsaturated/α-hetero) is 1. The molecule has 0 aliphatic rings. The smallest absolute Gasteiger partial charge is 0.378 e. The molecule has 0 fully saturated rings. The Kier molecular flexibility index (Phi) is 5.91. The Balaban J connectivity index is 1.64. The summed E-state index contributed by atoms with van der Waals surface area (Å²) in [6.07, 6.45) is 0. The number of ether oxygens (including phenoxy) is 1. The Morgan fingerprint density at radius 2 is 1.61 bits per heavy atom. The Bertz CT molecular complexity index is 1230. The molecule has 6 nitrogen and oxygen atoms in total. The third kappa shape index (κ3) is 4.54. The van der Waals surface area contributed by atoms with E-state index in [0.29, 0.717) is 16.4 Å². The van der Waals surface area contributed by atoms with Gasteiger partial charge < -0.3 is 4.74 Å². The quantitative estimate of drug-likeness (QED) is 0.319. The van der Waals surface area contributed by atoms with E-state index in [0.717, 1.165) is 16.8 Å². The number of nitrogens with zero attached hydrogens (tertiary/aromatic N) is 3. The van der Waals surface area contributed by atoms with Crippen molar-refractivity contribution < 1.29 is 14.3 Å². The van der Waals surface area contributed by atoms with Crippen molar-refractivity contribution in [1.82, 2.24) is 14.8 Å².